The van der Waals surface area contributed by atoms with Crippen LogP contribution in [0.25, 0.3) is 0 Å². The average molecular weight is 287 g/mol. The smallest absolute Gasteiger partial charge is 0.269 e. The third-order valence-electron chi connectivity index (χ3n) is 2.94. The Kier molecular flexibility index (Phi) is 4.73. The van der Waals surface area contributed by atoms with Crippen LogP contribution < -0.4 is 15.8 Å². The molecule has 0 saturated carbocycles. The van der Waals surface area contributed by atoms with Crippen LogP contribution in [0.2, 0.25) is 0 Å². The van der Waals surface area contributed by atoms with Crippen LogP contribution in [0.4, 0.5) is 17.1 Å². The van der Waals surface area contributed by atoms with Gasteiger partial charge in [0.1, 0.15) is 12.4 Å². The van der Waals surface area contributed by atoms with Gasteiger partial charge in [-0.05, 0) is 42.8 Å². The predicted octanol–water partition coefficient (Wildman–Crippen LogP) is 2.98. The number of nitro groups is 1. The number of hydrogen-bond donors (Lipinski definition) is 2. The van der Waals surface area contributed by atoms with Crippen molar-refractivity contribution in [2.75, 3.05) is 18.5 Å². The van der Waals surface area contributed by atoms with Gasteiger partial charge in [0.25, 0.3) is 5.69 Å². The number of ether oxygens (including phenoxy) is 1. The summed E-state index contributed by atoms with van der Waals surface area (Å²) in [6.07, 6.45) is 0. The van der Waals surface area contributed by atoms with Gasteiger partial charge in [-0.1, -0.05) is 0 Å². The maximum Gasteiger partial charge on any atom is 0.269 e. The van der Waals surface area contributed by atoms with Gasteiger partial charge < -0.3 is 15.8 Å². The molecule has 0 saturated heterocycles. The molecule has 0 bridgehead atoms. The lowest BCUT2D eigenvalue weighted by molar-refractivity contribution is -0.384. The zero-order valence-corrected chi connectivity index (χ0v) is 11.7. The van der Waals surface area contributed by atoms with Crippen molar-refractivity contribution < 1.29 is 9.66 Å². The summed E-state index contributed by atoms with van der Waals surface area (Å²) in [5.74, 6) is 0.756. The van der Waals surface area contributed by atoms with Crippen molar-refractivity contribution in [1.29, 1.82) is 0 Å². The number of nitro benzene ring substituents is 1. The van der Waals surface area contributed by atoms with E-state index in [1.54, 1.807) is 12.1 Å². The Morgan fingerprint density at radius 1 is 1.24 bits per heavy atom. The number of aryl methyl sites for hydroxylation is 1. The van der Waals surface area contributed by atoms with Crippen LogP contribution in [-0.4, -0.2) is 18.1 Å². The Hall–Kier alpha value is -2.60. The number of rotatable bonds is 6. The molecule has 2 rings (SSSR count). The van der Waals surface area contributed by atoms with E-state index in [4.69, 9.17) is 10.5 Å². The van der Waals surface area contributed by atoms with Crippen molar-refractivity contribution in [3.05, 3.63) is 58.1 Å². The van der Waals surface area contributed by atoms with Gasteiger partial charge in [0.15, 0.2) is 0 Å². The highest BCUT2D eigenvalue weighted by molar-refractivity contribution is 5.65. The largest absolute Gasteiger partial charge is 0.492 e. The number of benzene rings is 2. The Bertz CT molecular complexity index is 627. The molecule has 0 atom stereocenters. The second-order valence-corrected chi connectivity index (χ2v) is 4.54. The van der Waals surface area contributed by atoms with Gasteiger partial charge in [-0.25, -0.2) is 0 Å². The molecule has 0 aliphatic carbocycles. The normalized spacial score (nSPS) is 10.2. The highest BCUT2D eigenvalue weighted by atomic mass is 16.6. The molecule has 0 amide bonds. The van der Waals surface area contributed by atoms with Gasteiger partial charge in [-0.2, -0.15) is 0 Å². The third-order valence-corrected chi connectivity index (χ3v) is 2.94. The third kappa shape index (κ3) is 3.93. The molecule has 110 valence electrons. The van der Waals surface area contributed by atoms with E-state index < -0.39 is 4.92 Å². The second kappa shape index (κ2) is 6.71. The van der Waals surface area contributed by atoms with Gasteiger partial charge in [-0.15, -0.1) is 0 Å². The molecule has 0 unspecified atom stereocenters. The standard InChI is InChI=1S/C15H17N3O3/c1-11-10-13(18(19)20)4-7-15(11)17-12-2-5-14(6-3-12)21-9-8-16/h2-7,10,17H,8-9,16H2,1H3. The van der Waals surface area contributed by atoms with Gasteiger partial charge in [0, 0.05) is 30.1 Å². The summed E-state index contributed by atoms with van der Waals surface area (Å²) in [4.78, 5) is 10.3. The van der Waals surface area contributed by atoms with Crippen LogP contribution in [0.1, 0.15) is 5.56 Å². The maximum atomic E-state index is 10.7. The molecular weight excluding hydrogens is 270 g/mol. The van der Waals surface area contributed by atoms with Crippen LogP contribution in [-0.2, 0) is 0 Å². The predicted molar refractivity (Wildman–Crippen MR) is 82.1 cm³/mol. The van der Waals surface area contributed by atoms with E-state index in [1.807, 2.05) is 31.2 Å². The first kappa shape index (κ1) is 14.8. The maximum absolute atomic E-state index is 10.7. The summed E-state index contributed by atoms with van der Waals surface area (Å²) in [7, 11) is 0. The lowest BCUT2D eigenvalue weighted by Crippen LogP contribution is -2.10. The number of anilines is 2. The number of non-ortho nitro benzene ring substituents is 1. The van der Waals surface area contributed by atoms with Crippen LogP contribution >= 0.6 is 0 Å². The van der Waals surface area contributed by atoms with Crippen molar-refractivity contribution in [3.63, 3.8) is 0 Å². The molecule has 0 aliphatic heterocycles. The summed E-state index contributed by atoms with van der Waals surface area (Å²) in [5, 5.41) is 13.9. The summed E-state index contributed by atoms with van der Waals surface area (Å²) in [5.41, 5.74) is 7.98. The monoisotopic (exact) mass is 287 g/mol. The van der Waals surface area contributed by atoms with E-state index in [2.05, 4.69) is 5.32 Å². The minimum absolute atomic E-state index is 0.0867. The fraction of sp³-hybridized carbons (Fsp3) is 0.200. The molecule has 2 aromatic rings. The molecule has 6 nitrogen and oxygen atoms in total. The molecule has 6 heteroatoms. The van der Waals surface area contributed by atoms with Crippen molar-refractivity contribution in [2.45, 2.75) is 6.92 Å². The number of nitrogens with two attached hydrogens (primary N) is 1. The Balaban J connectivity index is 2.09. The molecule has 3 N–H and O–H groups in total. The van der Waals surface area contributed by atoms with E-state index >= 15 is 0 Å². The molecule has 0 heterocycles. The van der Waals surface area contributed by atoms with Gasteiger partial charge in [0.2, 0.25) is 0 Å². The van der Waals surface area contributed by atoms with Gasteiger partial charge in [-0.3, -0.25) is 10.1 Å². The topological polar surface area (TPSA) is 90.4 Å². The van der Waals surface area contributed by atoms with E-state index in [9.17, 15) is 10.1 Å². The van der Waals surface area contributed by atoms with E-state index in [0.29, 0.717) is 13.2 Å². The fourth-order valence-corrected chi connectivity index (χ4v) is 1.87. The van der Waals surface area contributed by atoms with Crippen molar-refractivity contribution >= 4 is 17.1 Å². The van der Waals surface area contributed by atoms with Crippen LogP contribution in [0.15, 0.2) is 42.5 Å². The van der Waals surface area contributed by atoms with Gasteiger partial charge in [0.05, 0.1) is 4.92 Å². The Labute approximate surface area is 122 Å². The molecular formula is C15H17N3O3. The molecule has 0 aliphatic rings. The molecule has 2 aromatic carbocycles. The molecule has 21 heavy (non-hydrogen) atoms. The number of hydrogen-bond acceptors (Lipinski definition) is 5. The van der Waals surface area contributed by atoms with Crippen molar-refractivity contribution in [3.8, 4) is 5.75 Å². The second-order valence-electron chi connectivity index (χ2n) is 4.54. The van der Waals surface area contributed by atoms with E-state index in [1.165, 1.54) is 6.07 Å². The average Bonchev–Trinajstić information content (AvgIpc) is 2.48. The quantitative estimate of drug-likeness (QED) is 0.629. The zero-order chi connectivity index (χ0) is 15.2. The minimum Gasteiger partial charge on any atom is -0.492 e. The summed E-state index contributed by atoms with van der Waals surface area (Å²) >= 11 is 0. The number of nitrogens with one attached hydrogen (secondary N) is 1. The van der Waals surface area contributed by atoms with Crippen LogP contribution in [0.3, 0.4) is 0 Å². The summed E-state index contributed by atoms with van der Waals surface area (Å²) < 4.78 is 5.40. The lowest BCUT2D eigenvalue weighted by atomic mass is 10.1. The van der Waals surface area contributed by atoms with Gasteiger partial charge >= 0.3 is 0 Å². The summed E-state index contributed by atoms with van der Waals surface area (Å²) in [6, 6.07) is 12.2. The number of nitrogens with zero attached hydrogens (tertiary/aromatic N) is 1. The summed E-state index contributed by atoms with van der Waals surface area (Å²) in [6.45, 7) is 2.78. The first-order chi connectivity index (χ1) is 10.1. The first-order valence-electron chi connectivity index (χ1n) is 6.55. The SMILES string of the molecule is Cc1cc([N+](=O)[O-])ccc1Nc1ccc(OCCN)cc1. The van der Waals surface area contributed by atoms with E-state index in [-0.39, 0.29) is 5.69 Å². The minimum atomic E-state index is -0.402. The lowest BCUT2D eigenvalue weighted by Gasteiger charge is -2.10. The molecule has 0 spiro atoms. The Morgan fingerprint density at radius 2 is 1.95 bits per heavy atom. The zero-order valence-electron chi connectivity index (χ0n) is 11.7. The highest BCUT2D eigenvalue weighted by Gasteiger charge is 2.08. The molecule has 0 fully saturated rings. The fourth-order valence-electron chi connectivity index (χ4n) is 1.87. The first-order valence-corrected chi connectivity index (χ1v) is 6.55. The van der Waals surface area contributed by atoms with Crippen LogP contribution in [0.5, 0.6) is 5.75 Å². The molecule has 0 aromatic heterocycles. The Morgan fingerprint density at radius 3 is 2.52 bits per heavy atom. The van der Waals surface area contributed by atoms with Crippen LogP contribution in [0, 0.1) is 17.0 Å². The van der Waals surface area contributed by atoms with Crippen molar-refractivity contribution in [2.24, 2.45) is 5.73 Å². The van der Waals surface area contributed by atoms with Crippen molar-refractivity contribution in [1.82, 2.24) is 0 Å². The highest BCUT2D eigenvalue weighted by Crippen LogP contribution is 2.25. The van der Waals surface area contributed by atoms with E-state index in [0.717, 1.165) is 22.7 Å². The molecule has 0 radical (unpaired) electrons.